The van der Waals surface area contributed by atoms with Crippen molar-refractivity contribution < 1.29 is 29.3 Å². The lowest BCUT2D eigenvalue weighted by Gasteiger charge is -2.29. The van der Waals surface area contributed by atoms with Gasteiger partial charge in [0.1, 0.15) is 0 Å². The number of ether oxygens (including phenoxy) is 2. The maximum Gasteiger partial charge on any atom is 0.290 e. The molecular formula is C21H21NO6S. The van der Waals surface area contributed by atoms with Gasteiger partial charge in [-0.1, -0.05) is 12.1 Å². The minimum Gasteiger partial charge on any atom is -0.504 e. The molecule has 1 aromatic heterocycles. The van der Waals surface area contributed by atoms with Crippen molar-refractivity contribution in [2.24, 2.45) is 0 Å². The lowest BCUT2D eigenvalue weighted by atomic mass is 9.95. The van der Waals surface area contributed by atoms with E-state index in [4.69, 9.17) is 9.47 Å². The second-order valence-corrected chi connectivity index (χ2v) is 7.94. The Bertz CT molecular complexity index is 962. The molecule has 1 saturated heterocycles. The second-order valence-electron chi connectivity index (χ2n) is 7.00. The van der Waals surface area contributed by atoms with E-state index in [-0.39, 0.29) is 29.7 Å². The number of carbonyl (C=O) groups is 2. The van der Waals surface area contributed by atoms with Gasteiger partial charge in [-0.3, -0.25) is 9.59 Å². The van der Waals surface area contributed by atoms with Crippen molar-refractivity contribution in [3.8, 4) is 11.5 Å². The van der Waals surface area contributed by atoms with Crippen molar-refractivity contribution in [1.82, 2.24) is 4.90 Å². The Morgan fingerprint density at radius 3 is 2.79 bits per heavy atom. The molecule has 7 nitrogen and oxygen atoms in total. The number of phenols is 1. The lowest BCUT2D eigenvalue weighted by molar-refractivity contribution is -0.131. The van der Waals surface area contributed by atoms with Crippen LogP contribution in [-0.4, -0.2) is 53.2 Å². The highest BCUT2D eigenvalue weighted by atomic mass is 32.1. The molecule has 2 unspecified atom stereocenters. The molecule has 0 aliphatic carbocycles. The van der Waals surface area contributed by atoms with Crippen LogP contribution in [0, 0.1) is 0 Å². The normalized spacial score (nSPS) is 21.8. The molecule has 0 spiro atoms. The fraction of sp³-hybridized carbons (Fsp3) is 0.333. The Morgan fingerprint density at radius 1 is 1.34 bits per heavy atom. The second kappa shape index (κ2) is 7.88. The predicted octanol–water partition coefficient (Wildman–Crippen LogP) is 3.22. The van der Waals surface area contributed by atoms with Gasteiger partial charge in [-0.05, 0) is 42.0 Å². The summed E-state index contributed by atoms with van der Waals surface area (Å²) < 4.78 is 10.8. The Labute approximate surface area is 171 Å². The summed E-state index contributed by atoms with van der Waals surface area (Å²) in [5, 5.41) is 22.6. The van der Waals surface area contributed by atoms with Gasteiger partial charge in [-0.25, -0.2) is 0 Å². The van der Waals surface area contributed by atoms with Crippen LogP contribution in [0.3, 0.4) is 0 Å². The zero-order valence-electron chi connectivity index (χ0n) is 15.8. The highest BCUT2D eigenvalue weighted by Gasteiger charge is 2.45. The average Bonchev–Trinajstić information content (AvgIpc) is 3.46. The van der Waals surface area contributed by atoms with E-state index >= 15 is 0 Å². The van der Waals surface area contributed by atoms with Crippen molar-refractivity contribution >= 4 is 23.0 Å². The molecule has 3 heterocycles. The maximum absolute atomic E-state index is 13.1. The smallest absolute Gasteiger partial charge is 0.290 e. The number of amides is 1. The van der Waals surface area contributed by atoms with Crippen LogP contribution in [0.2, 0.25) is 0 Å². The van der Waals surface area contributed by atoms with Crippen molar-refractivity contribution in [3.05, 3.63) is 57.5 Å². The average molecular weight is 415 g/mol. The summed E-state index contributed by atoms with van der Waals surface area (Å²) in [7, 11) is 1.44. The molecule has 29 heavy (non-hydrogen) atoms. The Kier molecular flexibility index (Phi) is 5.29. The fourth-order valence-corrected chi connectivity index (χ4v) is 4.52. The highest BCUT2D eigenvalue weighted by Crippen LogP contribution is 2.42. The Balaban J connectivity index is 1.77. The van der Waals surface area contributed by atoms with E-state index in [1.807, 2.05) is 0 Å². The van der Waals surface area contributed by atoms with Crippen LogP contribution in [0.5, 0.6) is 11.5 Å². The number of rotatable bonds is 6. The summed E-state index contributed by atoms with van der Waals surface area (Å²) >= 11 is 1.24. The first-order valence-corrected chi connectivity index (χ1v) is 10.2. The number of hydrogen-bond acceptors (Lipinski definition) is 7. The quantitative estimate of drug-likeness (QED) is 0.704. The number of aliphatic hydroxyl groups is 1. The third kappa shape index (κ3) is 3.49. The van der Waals surface area contributed by atoms with Gasteiger partial charge in [0.25, 0.3) is 5.91 Å². The molecule has 152 valence electrons. The summed E-state index contributed by atoms with van der Waals surface area (Å²) in [6, 6.07) is 7.28. The van der Waals surface area contributed by atoms with Gasteiger partial charge in [0.05, 0.1) is 29.7 Å². The zero-order valence-corrected chi connectivity index (χ0v) is 16.6. The van der Waals surface area contributed by atoms with Crippen LogP contribution in [0.15, 0.2) is 47.0 Å². The molecule has 2 aliphatic heterocycles. The van der Waals surface area contributed by atoms with E-state index in [1.165, 1.54) is 29.4 Å². The van der Waals surface area contributed by atoms with Crippen molar-refractivity contribution in [2.75, 3.05) is 20.3 Å². The number of carbonyl (C=O) groups excluding carboxylic acids is 2. The monoisotopic (exact) mass is 415 g/mol. The summed E-state index contributed by atoms with van der Waals surface area (Å²) in [5.41, 5.74) is 0.526. The first-order chi connectivity index (χ1) is 14.0. The van der Waals surface area contributed by atoms with E-state index in [0.29, 0.717) is 17.0 Å². The minimum absolute atomic E-state index is 0.0139. The SMILES string of the molecule is COc1ccc(C2C(C(=O)c3cccs3)=C(O)C(=O)N2CC2CCCO2)cc1O. The van der Waals surface area contributed by atoms with E-state index in [0.717, 1.165) is 12.8 Å². The number of ketones is 1. The number of Topliss-reactive ketones (excluding diaryl/α,β-unsaturated/α-hetero) is 1. The van der Waals surface area contributed by atoms with Gasteiger partial charge < -0.3 is 24.6 Å². The lowest BCUT2D eigenvalue weighted by Crippen LogP contribution is -2.37. The molecule has 2 aliphatic rings. The van der Waals surface area contributed by atoms with Crippen LogP contribution >= 0.6 is 11.3 Å². The van der Waals surface area contributed by atoms with Gasteiger partial charge in [0.15, 0.2) is 17.3 Å². The number of aromatic hydroxyl groups is 1. The number of thiophene rings is 1. The molecule has 1 amide bonds. The third-order valence-corrected chi connectivity index (χ3v) is 6.10. The Hall–Kier alpha value is -2.84. The molecule has 0 bridgehead atoms. The summed E-state index contributed by atoms with van der Waals surface area (Å²) in [5.74, 6) is -1.39. The zero-order chi connectivity index (χ0) is 20.5. The molecule has 8 heteroatoms. The first kappa shape index (κ1) is 19.5. The molecular weight excluding hydrogens is 394 g/mol. The number of benzene rings is 1. The van der Waals surface area contributed by atoms with E-state index < -0.39 is 23.5 Å². The maximum atomic E-state index is 13.1. The fourth-order valence-electron chi connectivity index (χ4n) is 3.85. The number of aliphatic hydroxyl groups excluding tert-OH is 1. The van der Waals surface area contributed by atoms with E-state index in [1.54, 1.807) is 29.6 Å². The third-order valence-electron chi connectivity index (χ3n) is 5.24. The minimum atomic E-state index is -0.821. The molecule has 0 saturated carbocycles. The molecule has 2 aromatic rings. The van der Waals surface area contributed by atoms with Gasteiger partial charge in [-0.2, -0.15) is 0 Å². The van der Waals surface area contributed by atoms with Crippen molar-refractivity contribution in [1.29, 1.82) is 0 Å². The van der Waals surface area contributed by atoms with Crippen molar-refractivity contribution in [3.63, 3.8) is 0 Å². The van der Waals surface area contributed by atoms with Crippen LogP contribution in [0.1, 0.15) is 34.1 Å². The molecule has 1 aromatic carbocycles. The standard InChI is InChI=1S/C21H21NO6S/c1-27-15-7-6-12(10-14(15)23)18-17(19(24)16-5-3-9-29-16)20(25)21(26)22(18)11-13-4-2-8-28-13/h3,5-7,9-10,13,18,23,25H,2,4,8,11H2,1H3. The Morgan fingerprint density at radius 2 is 2.17 bits per heavy atom. The van der Waals surface area contributed by atoms with Crippen LogP contribution in [0.25, 0.3) is 0 Å². The molecule has 0 radical (unpaired) electrons. The summed E-state index contributed by atoms with van der Waals surface area (Å²) in [6.07, 6.45) is 1.55. The number of phenolic OH excluding ortho intramolecular Hbond substituents is 1. The molecule has 2 N–H and O–H groups in total. The van der Waals surface area contributed by atoms with Gasteiger partial charge in [0, 0.05) is 13.2 Å². The topological polar surface area (TPSA) is 96.3 Å². The summed E-state index contributed by atoms with van der Waals surface area (Å²) in [4.78, 5) is 27.9. The van der Waals surface area contributed by atoms with E-state index in [2.05, 4.69) is 0 Å². The number of methoxy groups -OCH3 is 1. The van der Waals surface area contributed by atoms with Crippen molar-refractivity contribution in [2.45, 2.75) is 25.0 Å². The highest BCUT2D eigenvalue weighted by molar-refractivity contribution is 7.12. The van der Waals surface area contributed by atoms with Crippen LogP contribution < -0.4 is 4.74 Å². The van der Waals surface area contributed by atoms with Crippen LogP contribution in [-0.2, 0) is 9.53 Å². The van der Waals surface area contributed by atoms with Gasteiger partial charge in [-0.15, -0.1) is 11.3 Å². The van der Waals surface area contributed by atoms with E-state index in [9.17, 15) is 19.8 Å². The molecule has 4 rings (SSSR count). The number of nitrogens with zero attached hydrogens (tertiary/aromatic N) is 1. The van der Waals surface area contributed by atoms with Crippen LogP contribution in [0.4, 0.5) is 0 Å². The largest absolute Gasteiger partial charge is 0.504 e. The van der Waals surface area contributed by atoms with Gasteiger partial charge in [0.2, 0.25) is 5.78 Å². The molecule has 1 fully saturated rings. The first-order valence-electron chi connectivity index (χ1n) is 9.32. The van der Waals surface area contributed by atoms with Gasteiger partial charge >= 0.3 is 0 Å². The predicted molar refractivity (Wildman–Crippen MR) is 106 cm³/mol. The molecule has 2 atom stereocenters. The summed E-state index contributed by atoms with van der Waals surface area (Å²) in [6.45, 7) is 0.878. The number of hydrogen-bond donors (Lipinski definition) is 2.